The van der Waals surface area contributed by atoms with Crippen LogP contribution in [-0.2, 0) is 10.0 Å². The van der Waals surface area contributed by atoms with Crippen LogP contribution in [0.4, 0.5) is 5.69 Å². The van der Waals surface area contributed by atoms with Gasteiger partial charge in [-0.15, -0.1) is 0 Å². The fraction of sp³-hybridized carbons (Fsp3) is 0.294. The molecule has 1 amide bonds. The summed E-state index contributed by atoms with van der Waals surface area (Å²) in [5.41, 5.74) is 1.11. The number of anilines is 1. The van der Waals surface area contributed by atoms with Crippen molar-refractivity contribution in [1.82, 2.24) is 9.29 Å². The molecule has 0 atom stereocenters. The zero-order valence-corrected chi connectivity index (χ0v) is 14.2. The first kappa shape index (κ1) is 16.6. The van der Waals surface area contributed by atoms with Crippen molar-refractivity contribution >= 4 is 21.6 Å². The second-order valence-electron chi connectivity index (χ2n) is 5.71. The van der Waals surface area contributed by atoms with E-state index in [9.17, 15) is 13.2 Å². The summed E-state index contributed by atoms with van der Waals surface area (Å²) in [5, 5.41) is 0. The standard InChI is InChI=1S/C17H19N3O3S/c1-19(15-5-4-10-18-13-15)17(21)14-6-8-16(9-7-14)24(22,23)20-11-2-3-12-20/h4-10,13H,2-3,11-12H2,1H3. The molecular weight excluding hydrogens is 326 g/mol. The van der Waals surface area contributed by atoms with E-state index in [1.807, 2.05) is 0 Å². The minimum absolute atomic E-state index is 0.215. The molecule has 0 radical (unpaired) electrons. The normalized spacial score (nSPS) is 15.4. The predicted molar refractivity (Wildman–Crippen MR) is 91.4 cm³/mol. The van der Waals surface area contributed by atoms with Crippen LogP contribution in [0.5, 0.6) is 0 Å². The zero-order chi connectivity index (χ0) is 17.2. The Kier molecular flexibility index (Phi) is 4.64. The Morgan fingerprint density at radius 1 is 1.12 bits per heavy atom. The lowest BCUT2D eigenvalue weighted by atomic mass is 10.2. The number of sulfonamides is 1. The summed E-state index contributed by atoms with van der Waals surface area (Å²) in [5.74, 6) is -0.215. The van der Waals surface area contributed by atoms with Gasteiger partial charge in [0.25, 0.3) is 5.91 Å². The Hall–Kier alpha value is -2.25. The molecular formula is C17H19N3O3S. The maximum absolute atomic E-state index is 12.5. The van der Waals surface area contributed by atoms with E-state index in [0.717, 1.165) is 12.8 Å². The summed E-state index contributed by atoms with van der Waals surface area (Å²) >= 11 is 0. The van der Waals surface area contributed by atoms with Crippen LogP contribution in [0.25, 0.3) is 0 Å². The van der Waals surface area contributed by atoms with Crippen LogP contribution in [0.15, 0.2) is 53.7 Å². The average Bonchev–Trinajstić information content (AvgIpc) is 3.17. The number of amides is 1. The van der Waals surface area contributed by atoms with Gasteiger partial charge in [-0.2, -0.15) is 4.31 Å². The van der Waals surface area contributed by atoms with E-state index in [-0.39, 0.29) is 10.8 Å². The molecule has 0 spiro atoms. The van der Waals surface area contributed by atoms with Gasteiger partial charge in [0, 0.05) is 31.9 Å². The SMILES string of the molecule is CN(C(=O)c1ccc(S(=O)(=O)N2CCCC2)cc1)c1cccnc1. The van der Waals surface area contributed by atoms with Gasteiger partial charge in [0.1, 0.15) is 0 Å². The molecule has 0 bridgehead atoms. The molecule has 1 aromatic heterocycles. The number of hydrogen-bond donors (Lipinski definition) is 0. The molecule has 0 N–H and O–H groups in total. The highest BCUT2D eigenvalue weighted by Gasteiger charge is 2.27. The van der Waals surface area contributed by atoms with Crippen molar-refractivity contribution in [2.75, 3.05) is 25.0 Å². The van der Waals surface area contributed by atoms with Gasteiger partial charge in [-0.25, -0.2) is 8.42 Å². The fourth-order valence-electron chi connectivity index (χ4n) is 2.71. The van der Waals surface area contributed by atoms with Gasteiger partial charge < -0.3 is 4.90 Å². The van der Waals surface area contributed by atoms with Crippen molar-refractivity contribution < 1.29 is 13.2 Å². The Labute approximate surface area is 141 Å². The number of hydrogen-bond acceptors (Lipinski definition) is 4. The second kappa shape index (κ2) is 6.70. The molecule has 1 fully saturated rings. The largest absolute Gasteiger partial charge is 0.310 e. The van der Waals surface area contributed by atoms with Gasteiger partial charge in [0.05, 0.1) is 16.8 Å². The zero-order valence-electron chi connectivity index (χ0n) is 13.4. The van der Waals surface area contributed by atoms with Gasteiger partial charge >= 0.3 is 0 Å². The number of aromatic nitrogens is 1. The molecule has 7 heteroatoms. The van der Waals surface area contributed by atoms with Gasteiger partial charge in [-0.3, -0.25) is 9.78 Å². The third kappa shape index (κ3) is 3.18. The van der Waals surface area contributed by atoms with E-state index in [1.54, 1.807) is 43.7 Å². The number of rotatable bonds is 4. The maximum atomic E-state index is 12.5. The second-order valence-corrected chi connectivity index (χ2v) is 7.65. The number of carbonyl (C=O) groups excluding carboxylic acids is 1. The lowest BCUT2D eigenvalue weighted by molar-refractivity contribution is 0.0993. The first-order valence-electron chi connectivity index (χ1n) is 7.78. The van der Waals surface area contributed by atoms with Crippen molar-refractivity contribution in [3.8, 4) is 0 Å². The van der Waals surface area contributed by atoms with Crippen molar-refractivity contribution in [3.05, 3.63) is 54.4 Å². The monoisotopic (exact) mass is 345 g/mol. The number of carbonyl (C=O) groups is 1. The van der Waals surface area contributed by atoms with Crippen molar-refractivity contribution in [1.29, 1.82) is 0 Å². The van der Waals surface area contributed by atoms with Crippen LogP contribution in [0.1, 0.15) is 23.2 Å². The smallest absolute Gasteiger partial charge is 0.258 e. The Morgan fingerprint density at radius 2 is 1.79 bits per heavy atom. The van der Waals surface area contributed by atoms with E-state index in [0.29, 0.717) is 24.3 Å². The fourth-order valence-corrected chi connectivity index (χ4v) is 4.23. The van der Waals surface area contributed by atoms with E-state index in [2.05, 4.69) is 4.98 Å². The molecule has 0 unspecified atom stereocenters. The lowest BCUT2D eigenvalue weighted by Crippen LogP contribution is -2.28. The van der Waals surface area contributed by atoms with E-state index in [1.165, 1.54) is 21.3 Å². The topological polar surface area (TPSA) is 70.6 Å². The number of pyridine rings is 1. The third-order valence-corrected chi connectivity index (χ3v) is 6.05. The molecule has 0 saturated carbocycles. The molecule has 1 aliphatic rings. The number of benzene rings is 1. The first-order chi connectivity index (χ1) is 11.5. The highest BCUT2D eigenvalue weighted by Crippen LogP contribution is 2.22. The maximum Gasteiger partial charge on any atom is 0.258 e. The quantitative estimate of drug-likeness (QED) is 0.851. The minimum Gasteiger partial charge on any atom is -0.310 e. The van der Waals surface area contributed by atoms with Crippen LogP contribution < -0.4 is 4.90 Å². The van der Waals surface area contributed by atoms with Crippen molar-refractivity contribution in [2.45, 2.75) is 17.7 Å². The van der Waals surface area contributed by atoms with E-state index >= 15 is 0 Å². The third-order valence-electron chi connectivity index (χ3n) is 4.14. The molecule has 1 aliphatic heterocycles. The van der Waals surface area contributed by atoms with E-state index < -0.39 is 10.0 Å². The summed E-state index contributed by atoms with van der Waals surface area (Å²) in [6.45, 7) is 1.12. The van der Waals surface area contributed by atoms with E-state index in [4.69, 9.17) is 0 Å². The summed E-state index contributed by atoms with van der Waals surface area (Å²) < 4.78 is 26.5. The first-order valence-corrected chi connectivity index (χ1v) is 9.22. The van der Waals surface area contributed by atoms with Crippen LogP contribution in [-0.4, -0.2) is 43.8 Å². The highest BCUT2D eigenvalue weighted by atomic mass is 32.2. The molecule has 6 nitrogen and oxygen atoms in total. The minimum atomic E-state index is -3.46. The molecule has 24 heavy (non-hydrogen) atoms. The average molecular weight is 345 g/mol. The summed E-state index contributed by atoms with van der Waals surface area (Å²) in [6.07, 6.45) is 5.03. The Balaban J connectivity index is 1.80. The van der Waals surface area contributed by atoms with Gasteiger partial charge in [-0.05, 0) is 49.2 Å². The van der Waals surface area contributed by atoms with Crippen LogP contribution >= 0.6 is 0 Å². The van der Waals surface area contributed by atoms with Gasteiger partial charge in [0.15, 0.2) is 0 Å². The van der Waals surface area contributed by atoms with Gasteiger partial charge in [-0.1, -0.05) is 0 Å². The molecule has 1 aromatic carbocycles. The van der Waals surface area contributed by atoms with Gasteiger partial charge in [0.2, 0.25) is 10.0 Å². The van der Waals surface area contributed by atoms with Crippen LogP contribution in [0.3, 0.4) is 0 Å². The summed E-state index contributed by atoms with van der Waals surface area (Å²) in [7, 11) is -1.79. The van der Waals surface area contributed by atoms with Crippen LogP contribution in [0.2, 0.25) is 0 Å². The molecule has 126 valence electrons. The highest BCUT2D eigenvalue weighted by molar-refractivity contribution is 7.89. The molecule has 1 saturated heterocycles. The lowest BCUT2D eigenvalue weighted by Gasteiger charge is -2.18. The Bertz CT molecular complexity index is 814. The Morgan fingerprint density at radius 3 is 2.38 bits per heavy atom. The van der Waals surface area contributed by atoms with Crippen molar-refractivity contribution in [3.63, 3.8) is 0 Å². The molecule has 0 aliphatic carbocycles. The van der Waals surface area contributed by atoms with Crippen molar-refractivity contribution in [2.24, 2.45) is 0 Å². The van der Waals surface area contributed by atoms with Crippen LogP contribution in [0, 0.1) is 0 Å². The molecule has 3 rings (SSSR count). The predicted octanol–water partition coefficient (Wildman–Crippen LogP) is 2.14. The number of nitrogens with zero attached hydrogens (tertiary/aromatic N) is 3. The molecule has 2 heterocycles. The molecule has 2 aromatic rings. The summed E-state index contributed by atoms with van der Waals surface area (Å²) in [6, 6.07) is 9.65. The summed E-state index contributed by atoms with van der Waals surface area (Å²) in [4.78, 5) is 18.2.